The molecule has 0 aliphatic carbocycles. The van der Waals surface area contributed by atoms with Gasteiger partial charge in [-0.05, 0) is 30.7 Å². The van der Waals surface area contributed by atoms with Gasteiger partial charge in [-0.25, -0.2) is 8.78 Å². The van der Waals surface area contributed by atoms with Gasteiger partial charge in [-0.3, -0.25) is 9.89 Å². The summed E-state index contributed by atoms with van der Waals surface area (Å²) in [6.45, 7) is 6.48. The van der Waals surface area contributed by atoms with Gasteiger partial charge in [0.05, 0.1) is 26.0 Å². The molecule has 1 saturated heterocycles. The van der Waals surface area contributed by atoms with E-state index in [-0.39, 0.29) is 12.4 Å². The lowest BCUT2D eigenvalue weighted by Gasteiger charge is -2.26. The molecule has 7 nitrogen and oxygen atoms in total. The van der Waals surface area contributed by atoms with Crippen molar-refractivity contribution in [2.75, 3.05) is 59.1 Å². The van der Waals surface area contributed by atoms with Crippen molar-refractivity contribution < 1.29 is 22.7 Å². The number of furan rings is 1. The van der Waals surface area contributed by atoms with Gasteiger partial charge < -0.3 is 24.5 Å². The van der Waals surface area contributed by atoms with Crippen molar-refractivity contribution in [2.24, 2.45) is 4.99 Å². The Bertz CT molecular complexity index is 796. The summed E-state index contributed by atoms with van der Waals surface area (Å²) >= 11 is 0. The molecule has 1 aromatic carbocycles. The van der Waals surface area contributed by atoms with Crippen LogP contribution < -0.4 is 15.4 Å². The maximum Gasteiger partial charge on any atom is 0.191 e. The fraction of sp³-hybridized carbons (Fsp3) is 0.500. The van der Waals surface area contributed by atoms with Crippen molar-refractivity contribution in [3.8, 4) is 5.75 Å². The van der Waals surface area contributed by atoms with Crippen LogP contribution in [0, 0.1) is 11.6 Å². The van der Waals surface area contributed by atoms with Gasteiger partial charge in [-0.2, -0.15) is 0 Å². The molecule has 0 amide bonds. The number of morpholine rings is 1. The first-order valence-electron chi connectivity index (χ1n) is 10.6. The van der Waals surface area contributed by atoms with Crippen LogP contribution in [-0.4, -0.2) is 69.9 Å². The molecule has 0 atom stereocenters. The van der Waals surface area contributed by atoms with Gasteiger partial charge in [0.25, 0.3) is 0 Å². The van der Waals surface area contributed by atoms with Crippen LogP contribution in [0.4, 0.5) is 8.78 Å². The monoisotopic (exact) mass is 436 g/mol. The van der Waals surface area contributed by atoms with E-state index >= 15 is 0 Å². The highest BCUT2D eigenvalue weighted by molar-refractivity contribution is 5.79. The van der Waals surface area contributed by atoms with Crippen molar-refractivity contribution >= 4 is 5.96 Å². The molecule has 2 heterocycles. The van der Waals surface area contributed by atoms with E-state index in [1.165, 1.54) is 12.1 Å². The highest BCUT2D eigenvalue weighted by Crippen LogP contribution is 2.17. The topological polar surface area (TPSA) is 71.3 Å². The second-order valence-corrected chi connectivity index (χ2v) is 7.14. The third-order valence-corrected chi connectivity index (χ3v) is 4.80. The zero-order chi connectivity index (χ0) is 21.7. The van der Waals surface area contributed by atoms with Gasteiger partial charge in [0.15, 0.2) is 17.5 Å². The molecule has 1 aromatic heterocycles. The van der Waals surface area contributed by atoms with E-state index in [9.17, 15) is 8.78 Å². The van der Waals surface area contributed by atoms with Crippen LogP contribution in [0.5, 0.6) is 5.75 Å². The summed E-state index contributed by atoms with van der Waals surface area (Å²) in [7, 11) is 0. The fourth-order valence-corrected chi connectivity index (χ4v) is 3.17. The number of halogens is 2. The quantitative estimate of drug-likeness (QED) is 0.320. The van der Waals surface area contributed by atoms with Gasteiger partial charge in [-0.15, -0.1) is 0 Å². The van der Waals surface area contributed by atoms with Crippen LogP contribution in [0.25, 0.3) is 0 Å². The van der Waals surface area contributed by atoms with Crippen LogP contribution in [0.2, 0.25) is 0 Å². The summed E-state index contributed by atoms with van der Waals surface area (Å²) in [4.78, 5) is 7.00. The number of aliphatic imine (C=N–C) groups is 1. The van der Waals surface area contributed by atoms with Crippen molar-refractivity contribution in [3.05, 3.63) is 54.0 Å². The maximum absolute atomic E-state index is 13.7. The molecule has 170 valence electrons. The third kappa shape index (κ3) is 8.55. The summed E-state index contributed by atoms with van der Waals surface area (Å²) in [5.74, 6) is 0.243. The average molecular weight is 437 g/mol. The number of nitrogens with zero attached hydrogens (tertiary/aromatic N) is 2. The van der Waals surface area contributed by atoms with E-state index < -0.39 is 11.6 Å². The molecule has 0 saturated carbocycles. The van der Waals surface area contributed by atoms with E-state index in [0.29, 0.717) is 25.6 Å². The van der Waals surface area contributed by atoms with E-state index in [2.05, 4.69) is 20.5 Å². The van der Waals surface area contributed by atoms with Crippen molar-refractivity contribution in [2.45, 2.75) is 12.8 Å². The number of hydrogen-bond acceptors (Lipinski definition) is 5. The number of benzene rings is 1. The normalized spacial score (nSPS) is 15.1. The minimum Gasteiger partial charge on any atom is -0.489 e. The zero-order valence-electron chi connectivity index (χ0n) is 17.6. The van der Waals surface area contributed by atoms with Crippen molar-refractivity contribution in [3.63, 3.8) is 0 Å². The Kier molecular flexibility index (Phi) is 9.59. The lowest BCUT2D eigenvalue weighted by molar-refractivity contribution is 0.0377. The Balaban J connectivity index is 1.41. The van der Waals surface area contributed by atoms with Crippen LogP contribution in [0.3, 0.4) is 0 Å². The molecule has 2 N–H and O–H groups in total. The van der Waals surface area contributed by atoms with Gasteiger partial charge >= 0.3 is 0 Å². The fourth-order valence-electron chi connectivity index (χ4n) is 3.17. The standard InChI is InChI=1S/C22H30F2N4O3/c23-18-4-5-21(20(24)17-18)31-14-9-27-22(26-8-6-19-3-1-13-30-19)25-7-2-10-28-11-15-29-16-12-28/h1,3-5,13,17H,2,6-12,14-16H2,(H2,25,26,27). The van der Waals surface area contributed by atoms with E-state index in [0.717, 1.165) is 57.5 Å². The molecule has 2 aromatic rings. The highest BCUT2D eigenvalue weighted by Gasteiger charge is 2.09. The second-order valence-electron chi connectivity index (χ2n) is 7.14. The van der Waals surface area contributed by atoms with Gasteiger partial charge in [0.2, 0.25) is 0 Å². The summed E-state index contributed by atoms with van der Waals surface area (Å²) in [6, 6.07) is 7.05. The Morgan fingerprint density at radius 1 is 1.13 bits per heavy atom. The number of hydrogen-bond donors (Lipinski definition) is 2. The molecular weight excluding hydrogens is 406 g/mol. The van der Waals surface area contributed by atoms with Crippen LogP contribution >= 0.6 is 0 Å². The summed E-state index contributed by atoms with van der Waals surface area (Å²) in [6.07, 6.45) is 3.33. The number of nitrogens with one attached hydrogen (secondary N) is 2. The SMILES string of the molecule is Fc1ccc(OCCNC(=NCCCN2CCOCC2)NCCc2ccco2)c(F)c1. The predicted molar refractivity (Wildman–Crippen MR) is 114 cm³/mol. The second kappa shape index (κ2) is 12.9. The van der Waals surface area contributed by atoms with Gasteiger partial charge in [-0.1, -0.05) is 0 Å². The minimum absolute atomic E-state index is 0.0259. The first-order chi connectivity index (χ1) is 15.2. The largest absolute Gasteiger partial charge is 0.489 e. The van der Waals surface area contributed by atoms with Crippen LogP contribution in [0.1, 0.15) is 12.2 Å². The first-order valence-corrected chi connectivity index (χ1v) is 10.6. The predicted octanol–water partition coefficient (Wildman–Crippen LogP) is 2.44. The molecule has 1 fully saturated rings. The summed E-state index contributed by atoms with van der Waals surface area (Å²) in [5, 5.41) is 6.47. The van der Waals surface area contributed by atoms with Crippen molar-refractivity contribution in [1.29, 1.82) is 0 Å². The maximum atomic E-state index is 13.7. The molecule has 1 aliphatic heterocycles. The van der Waals surface area contributed by atoms with Crippen molar-refractivity contribution in [1.82, 2.24) is 15.5 Å². The summed E-state index contributed by atoms with van der Waals surface area (Å²) in [5.41, 5.74) is 0. The van der Waals surface area contributed by atoms with Crippen LogP contribution in [0.15, 0.2) is 46.0 Å². The number of ether oxygens (including phenoxy) is 2. The van der Waals surface area contributed by atoms with Gasteiger partial charge in [0.1, 0.15) is 18.2 Å². The van der Waals surface area contributed by atoms with E-state index in [4.69, 9.17) is 13.9 Å². The number of rotatable bonds is 11. The smallest absolute Gasteiger partial charge is 0.191 e. The van der Waals surface area contributed by atoms with Crippen LogP contribution in [-0.2, 0) is 11.2 Å². The Morgan fingerprint density at radius 3 is 2.74 bits per heavy atom. The summed E-state index contributed by atoms with van der Waals surface area (Å²) < 4.78 is 42.7. The molecule has 0 radical (unpaired) electrons. The highest BCUT2D eigenvalue weighted by atomic mass is 19.1. The average Bonchev–Trinajstić information content (AvgIpc) is 3.29. The molecule has 0 unspecified atom stereocenters. The first kappa shape index (κ1) is 23.0. The molecule has 3 rings (SSSR count). The molecule has 1 aliphatic rings. The molecular formula is C22H30F2N4O3. The van der Waals surface area contributed by atoms with E-state index in [1.807, 2.05) is 12.1 Å². The molecule has 31 heavy (non-hydrogen) atoms. The zero-order valence-corrected chi connectivity index (χ0v) is 17.6. The number of guanidine groups is 1. The molecule has 9 heteroatoms. The van der Waals surface area contributed by atoms with E-state index in [1.54, 1.807) is 6.26 Å². The Morgan fingerprint density at radius 2 is 1.97 bits per heavy atom. The molecule has 0 spiro atoms. The Labute approximate surface area is 181 Å². The molecule has 0 bridgehead atoms. The lowest BCUT2D eigenvalue weighted by Crippen LogP contribution is -2.40. The lowest BCUT2D eigenvalue weighted by atomic mass is 10.3. The third-order valence-electron chi connectivity index (χ3n) is 4.80. The van der Waals surface area contributed by atoms with Gasteiger partial charge in [0, 0.05) is 45.2 Å². The minimum atomic E-state index is -0.714. The Hall–Kier alpha value is -2.65.